The zero-order chi connectivity index (χ0) is 11.1. The van der Waals surface area contributed by atoms with Gasteiger partial charge in [0, 0.05) is 10.2 Å². The van der Waals surface area contributed by atoms with Gasteiger partial charge < -0.3 is 10.5 Å². The molecule has 0 heterocycles. The smallest absolute Gasteiger partial charge is 0.316 e. The molecule has 0 aromatic heterocycles. The third kappa shape index (κ3) is 1.63. The van der Waals surface area contributed by atoms with E-state index in [0.717, 1.165) is 22.9 Å². The summed E-state index contributed by atoms with van der Waals surface area (Å²) in [5.74, 6) is -0.154. The molecule has 80 valence electrons. The van der Waals surface area contributed by atoms with Crippen LogP contribution in [0.15, 0.2) is 22.7 Å². The zero-order valence-corrected chi connectivity index (χ0v) is 10.0. The third-order valence-electron chi connectivity index (χ3n) is 2.88. The molecule has 2 rings (SSSR count). The summed E-state index contributed by atoms with van der Waals surface area (Å²) in [4.78, 5) is 11.6. The predicted octanol–water partition coefficient (Wildman–Crippen LogP) is 2.24. The Labute approximate surface area is 96.7 Å². The Balaban J connectivity index is 2.38. The molecular weight excluding hydrogens is 258 g/mol. The summed E-state index contributed by atoms with van der Waals surface area (Å²) in [7, 11) is 1.43. The van der Waals surface area contributed by atoms with Crippen LogP contribution in [0.4, 0.5) is 5.69 Å². The van der Waals surface area contributed by atoms with Crippen molar-refractivity contribution >= 4 is 27.6 Å². The Bertz CT molecular complexity index is 413. The van der Waals surface area contributed by atoms with E-state index in [9.17, 15) is 4.79 Å². The van der Waals surface area contributed by atoms with Crippen LogP contribution in [0.1, 0.15) is 18.4 Å². The second-order valence-electron chi connectivity index (χ2n) is 3.81. The number of ether oxygens (including phenoxy) is 1. The van der Waals surface area contributed by atoms with Crippen LogP contribution in [0.25, 0.3) is 0 Å². The molecule has 2 N–H and O–H groups in total. The number of carbonyl (C=O) groups excluding carboxylic acids is 1. The largest absolute Gasteiger partial charge is 0.468 e. The highest BCUT2D eigenvalue weighted by Crippen LogP contribution is 2.49. The van der Waals surface area contributed by atoms with Gasteiger partial charge in [0.15, 0.2) is 0 Å². The third-order valence-corrected chi connectivity index (χ3v) is 3.57. The van der Waals surface area contributed by atoms with Crippen LogP contribution < -0.4 is 5.73 Å². The molecular formula is C11H12BrNO2. The number of rotatable bonds is 2. The summed E-state index contributed by atoms with van der Waals surface area (Å²) in [6.07, 6.45) is 1.71. The quantitative estimate of drug-likeness (QED) is 0.662. The van der Waals surface area contributed by atoms with Crippen LogP contribution in [0.5, 0.6) is 0 Å². The maximum atomic E-state index is 11.6. The standard InChI is InChI=1S/C11H12BrNO2/c1-15-10(14)11(4-5-11)7-2-3-9(13)8(12)6-7/h2-3,6H,4-5,13H2,1H3. The second kappa shape index (κ2) is 3.52. The van der Waals surface area contributed by atoms with Gasteiger partial charge in [-0.05, 0) is 46.5 Å². The van der Waals surface area contributed by atoms with E-state index in [1.54, 1.807) is 0 Å². The highest BCUT2D eigenvalue weighted by atomic mass is 79.9. The van der Waals surface area contributed by atoms with Crippen LogP contribution >= 0.6 is 15.9 Å². The number of benzene rings is 1. The Morgan fingerprint density at radius 1 is 1.53 bits per heavy atom. The van der Waals surface area contributed by atoms with Crippen molar-refractivity contribution in [3.8, 4) is 0 Å². The molecule has 1 aromatic carbocycles. The SMILES string of the molecule is COC(=O)C1(c2ccc(N)c(Br)c2)CC1. The molecule has 1 aliphatic rings. The number of carbonyl (C=O) groups is 1. The molecule has 0 saturated heterocycles. The molecule has 1 aliphatic carbocycles. The van der Waals surface area contributed by atoms with Gasteiger partial charge in [0.05, 0.1) is 12.5 Å². The fourth-order valence-electron chi connectivity index (χ4n) is 1.76. The zero-order valence-electron chi connectivity index (χ0n) is 8.42. The highest BCUT2D eigenvalue weighted by Gasteiger charge is 2.52. The molecule has 0 atom stereocenters. The number of nitrogens with two attached hydrogens (primary N) is 1. The molecule has 0 amide bonds. The molecule has 0 aliphatic heterocycles. The fraction of sp³-hybridized carbons (Fsp3) is 0.364. The Morgan fingerprint density at radius 2 is 2.20 bits per heavy atom. The van der Waals surface area contributed by atoms with E-state index in [0.29, 0.717) is 5.69 Å². The van der Waals surface area contributed by atoms with E-state index in [4.69, 9.17) is 10.5 Å². The molecule has 4 heteroatoms. The first-order chi connectivity index (χ1) is 7.10. The Kier molecular flexibility index (Phi) is 2.46. The first-order valence-electron chi connectivity index (χ1n) is 4.74. The lowest BCUT2D eigenvalue weighted by molar-refractivity contribution is -0.143. The van der Waals surface area contributed by atoms with E-state index in [2.05, 4.69) is 15.9 Å². The normalized spacial score (nSPS) is 17.2. The molecule has 0 bridgehead atoms. The van der Waals surface area contributed by atoms with Crippen molar-refractivity contribution in [1.29, 1.82) is 0 Å². The molecule has 1 fully saturated rings. The summed E-state index contributed by atoms with van der Waals surface area (Å²) in [6.45, 7) is 0. The average molecular weight is 270 g/mol. The second-order valence-corrected chi connectivity index (χ2v) is 4.66. The first-order valence-corrected chi connectivity index (χ1v) is 5.53. The maximum absolute atomic E-state index is 11.6. The summed E-state index contributed by atoms with van der Waals surface area (Å²) >= 11 is 3.36. The number of methoxy groups -OCH3 is 1. The molecule has 1 saturated carbocycles. The maximum Gasteiger partial charge on any atom is 0.316 e. The molecule has 1 aromatic rings. The molecule has 3 nitrogen and oxygen atoms in total. The topological polar surface area (TPSA) is 52.3 Å². The van der Waals surface area contributed by atoms with Crippen LogP contribution in [-0.2, 0) is 14.9 Å². The van der Waals surface area contributed by atoms with Crippen LogP contribution in [0, 0.1) is 0 Å². The minimum Gasteiger partial charge on any atom is -0.468 e. The minimum atomic E-state index is -0.412. The number of halogens is 1. The summed E-state index contributed by atoms with van der Waals surface area (Å²) in [6, 6.07) is 5.60. The Hall–Kier alpha value is -1.03. The van der Waals surface area contributed by atoms with E-state index < -0.39 is 5.41 Å². The lowest BCUT2D eigenvalue weighted by Crippen LogP contribution is -2.21. The van der Waals surface area contributed by atoms with Crippen molar-refractivity contribution in [2.75, 3.05) is 12.8 Å². The lowest BCUT2D eigenvalue weighted by Gasteiger charge is -2.13. The molecule has 15 heavy (non-hydrogen) atoms. The minimum absolute atomic E-state index is 0.154. The van der Waals surface area contributed by atoms with Gasteiger partial charge in [0.25, 0.3) is 0 Å². The number of hydrogen-bond donors (Lipinski definition) is 1. The van der Waals surface area contributed by atoms with Gasteiger partial charge in [-0.25, -0.2) is 0 Å². The van der Waals surface area contributed by atoms with Crippen molar-refractivity contribution in [2.24, 2.45) is 0 Å². The van der Waals surface area contributed by atoms with Crippen molar-refractivity contribution in [3.63, 3.8) is 0 Å². The number of hydrogen-bond acceptors (Lipinski definition) is 3. The number of nitrogen functional groups attached to an aromatic ring is 1. The molecule has 0 radical (unpaired) electrons. The summed E-state index contributed by atoms with van der Waals surface area (Å²) in [5.41, 5.74) is 6.95. The van der Waals surface area contributed by atoms with Crippen molar-refractivity contribution in [2.45, 2.75) is 18.3 Å². The van der Waals surface area contributed by atoms with Gasteiger partial charge in [0.2, 0.25) is 0 Å². The van der Waals surface area contributed by atoms with Crippen LogP contribution in [-0.4, -0.2) is 13.1 Å². The van der Waals surface area contributed by atoms with Crippen molar-refractivity contribution in [1.82, 2.24) is 0 Å². The Morgan fingerprint density at radius 3 is 2.67 bits per heavy atom. The van der Waals surface area contributed by atoms with Crippen molar-refractivity contribution < 1.29 is 9.53 Å². The highest BCUT2D eigenvalue weighted by molar-refractivity contribution is 9.10. The van der Waals surface area contributed by atoms with Gasteiger partial charge in [0.1, 0.15) is 0 Å². The van der Waals surface area contributed by atoms with E-state index in [1.165, 1.54) is 7.11 Å². The fourth-order valence-corrected chi connectivity index (χ4v) is 2.13. The van der Waals surface area contributed by atoms with E-state index >= 15 is 0 Å². The number of esters is 1. The van der Waals surface area contributed by atoms with E-state index in [-0.39, 0.29) is 5.97 Å². The molecule has 0 unspecified atom stereocenters. The van der Waals surface area contributed by atoms with Crippen LogP contribution in [0.2, 0.25) is 0 Å². The number of anilines is 1. The van der Waals surface area contributed by atoms with Gasteiger partial charge >= 0.3 is 5.97 Å². The van der Waals surface area contributed by atoms with Crippen LogP contribution in [0.3, 0.4) is 0 Å². The first kappa shape index (κ1) is 10.5. The lowest BCUT2D eigenvalue weighted by atomic mass is 9.96. The van der Waals surface area contributed by atoms with Gasteiger partial charge in [-0.1, -0.05) is 6.07 Å². The van der Waals surface area contributed by atoms with Gasteiger partial charge in [-0.15, -0.1) is 0 Å². The van der Waals surface area contributed by atoms with Crippen molar-refractivity contribution in [3.05, 3.63) is 28.2 Å². The van der Waals surface area contributed by atoms with E-state index in [1.807, 2.05) is 18.2 Å². The average Bonchev–Trinajstić information content (AvgIpc) is 3.02. The van der Waals surface area contributed by atoms with Gasteiger partial charge in [-0.2, -0.15) is 0 Å². The van der Waals surface area contributed by atoms with Gasteiger partial charge in [-0.3, -0.25) is 4.79 Å². The summed E-state index contributed by atoms with van der Waals surface area (Å²) in [5, 5.41) is 0. The summed E-state index contributed by atoms with van der Waals surface area (Å²) < 4.78 is 5.65. The molecule has 0 spiro atoms. The monoisotopic (exact) mass is 269 g/mol. The predicted molar refractivity (Wildman–Crippen MR) is 61.5 cm³/mol.